The molecule has 0 atom stereocenters. The van der Waals surface area contributed by atoms with E-state index in [0.717, 1.165) is 21.4 Å². The number of rotatable bonds is 1. The lowest BCUT2D eigenvalue weighted by Crippen LogP contribution is -2.00. The van der Waals surface area contributed by atoms with E-state index in [2.05, 4.69) is 26.2 Å². The number of nitrogens with two attached hydrogens (primary N) is 1. The zero-order valence-electron chi connectivity index (χ0n) is 8.53. The Morgan fingerprint density at radius 3 is 2.53 bits per heavy atom. The lowest BCUT2D eigenvalue weighted by atomic mass is 10.2. The molecule has 0 aliphatic carbocycles. The highest BCUT2D eigenvalue weighted by molar-refractivity contribution is 9.10. The first-order valence-corrected chi connectivity index (χ1v) is 5.32. The molecule has 1 aromatic carbocycles. The summed E-state index contributed by atoms with van der Waals surface area (Å²) < 4.78 is 2.75. The third kappa shape index (κ3) is 1.87. The maximum Gasteiger partial charge on any atom is 0.169 e. The van der Waals surface area contributed by atoms with Crippen molar-refractivity contribution >= 4 is 21.7 Å². The minimum Gasteiger partial charge on any atom is -0.381 e. The van der Waals surface area contributed by atoms with Crippen molar-refractivity contribution in [1.82, 2.24) is 15.0 Å². The summed E-state index contributed by atoms with van der Waals surface area (Å²) in [7, 11) is 0. The number of benzene rings is 1. The quantitative estimate of drug-likeness (QED) is 0.861. The number of nitrogens with zero attached hydrogens (tertiary/aromatic N) is 3. The van der Waals surface area contributed by atoms with E-state index < -0.39 is 0 Å². The van der Waals surface area contributed by atoms with Crippen molar-refractivity contribution in [3.63, 3.8) is 0 Å². The Labute approximate surface area is 96.2 Å². The summed E-state index contributed by atoms with van der Waals surface area (Å²) in [4.78, 5) is 0. The van der Waals surface area contributed by atoms with Crippen LogP contribution in [0.1, 0.15) is 11.3 Å². The molecule has 0 aliphatic heterocycles. The first-order valence-electron chi connectivity index (χ1n) is 4.53. The molecule has 78 valence electrons. The molecule has 1 aromatic heterocycles. The summed E-state index contributed by atoms with van der Waals surface area (Å²) in [6.07, 6.45) is 0. The molecule has 0 spiro atoms. The fourth-order valence-corrected chi connectivity index (χ4v) is 2.02. The van der Waals surface area contributed by atoms with Gasteiger partial charge in [-0.3, -0.25) is 0 Å². The molecule has 15 heavy (non-hydrogen) atoms. The third-order valence-electron chi connectivity index (χ3n) is 2.20. The van der Waals surface area contributed by atoms with Gasteiger partial charge >= 0.3 is 0 Å². The second-order valence-electron chi connectivity index (χ2n) is 3.46. The number of halogens is 1. The molecule has 0 radical (unpaired) electrons. The fraction of sp³-hybridized carbons (Fsp3) is 0.200. The minimum atomic E-state index is 0.465. The van der Waals surface area contributed by atoms with Gasteiger partial charge in [0.1, 0.15) is 0 Å². The number of anilines is 1. The molecule has 0 bridgehead atoms. The molecule has 0 unspecified atom stereocenters. The highest BCUT2D eigenvalue weighted by Crippen LogP contribution is 2.20. The van der Waals surface area contributed by atoms with E-state index in [-0.39, 0.29) is 0 Å². The topological polar surface area (TPSA) is 56.7 Å². The Balaban J connectivity index is 2.58. The minimum absolute atomic E-state index is 0.465. The number of hydrogen-bond acceptors (Lipinski definition) is 3. The first kappa shape index (κ1) is 10.2. The van der Waals surface area contributed by atoms with Gasteiger partial charge in [0.2, 0.25) is 0 Å². The van der Waals surface area contributed by atoms with Crippen LogP contribution >= 0.6 is 15.9 Å². The largest absolute Gasteiger partial charge is 0.381 e. The number of aryl methyl sites for hydroxylation is 1. The van der Waals surface area contributed by atoms with Gasteiger partial charge in [0.25, 0.3) is 0 Å². The van der Waals surface area contributed by atoms with E-state index in [1.165, 1.54) is 0 Å². The van der Waals surface area contributed by atoms with Crippen LogP contribution in [0.4, 0.5) is 5.82 Å². The maximum atomic E-state index is 5.65. The normalized spacial score (nSPS) is 10.6. The summed E-state index contributed by atoms with van der Waals surface area (Å²) in [5, 5.41) is 7.82. The van der Waals surface area contributed by atoms with E-state index in [1.807, 2.05) is 32.0 Å². The van der Waals surface area contributed by atoms with E-state index in [4.69, 9.17) is 5.73 Å². The van der Waals surface area contributed by atoms with Crippen molar-refractivity contribution in [3.8, 4) is 5.69 Å². The first-order chi connectivity index (χ1) is 7.08. The van der Waals surface area contributed by atoms with Crippen LogP contribution in [0, 0.1) is 13.8 Å². The average molecular weight is 267 g/mol. The van der Waals surface area contributed by atoms with Gasteiger partial charge in [-0.1, -0.05) is 21.1 Å². The van der Waals surface area contributed by atoms with Gasteiger partial charge in [-0.05, 0) is 37.6 Å². The Kier molecular flexibility index (Phi) is 2.48. The van der Waals surface area contributed by atoms with Gasteiger partial charge in [0, 0.05) is 4.47 Å². The molecule has 5 heteroatoms. The molecule has 1 heterocycles. The van der Waals surface area contributed by atoms with Crippen LogP contribution in [0.2, 0.25) is 0 Å². The van der Waals surface area contributed by atoms with Crippen molar-refractivity contribution in [3.05, 3.63) is 33.9 Å². The lowest BCUT2D eigenvalue weighted by molar-refractivity contribution is 0.784. The predicted octanol–water partition coefficient (Wildman–Crippen LogP) is 2.23. The fourth-order valence-electron chi connectivity index (χ4n) is 1.43. The van der Waals surface area contributed by atoms with Crippen molar-refractivity contribution in [2.45, 2.75) is 13.8 Å². The molecule has 0 aliphatic rings. The van der Waals surface area contributed by atoms with Crippen LogP contribution in [-0.4, -0.2) is 15.0 Å². The molecule has 0 saturated heterocycles. The van der Waals surface area contributed by atoms with Gasteiger partial charge in [-0.25, -0.2) is 4.68 Å². The summed E-state index contributed by atoms with van der Waals surface area (Å²) in [5.74, 6) is 0.465. The summed E-state index contributed by atoms with van der Waals surface area (Å²) in [5.41, 5.74) is 8.62. The molecule has 0 fully saturated rings. The van der Waals surface area contributed by atoms with Crippen LogP contribution < -0.4 is 5.73 Å². The Hall–Kier alpha value is -1.36. The smallest absolute Gasteiger partial charge is 0.169 e. The van der Waals surface area contributed by atoms with Gasteiger partial charge < -0.3 is 5.73 Å². The van der Waals surface area contributed by atoms with Gasteiger partial charge in [-0.15, -0.1) is 5.10 Å². The molecular formula is C10H11BrN4. The van der Waals surface area contributed by atoms with Crippen LogP contribution in [0.3, 0.4) is 0 Å². The van der Waals surface area contributed by atoms with E-state index in [0.29, 0.717) is 5.82 Å². The summed E-state index contributed by atoms with van der Waals surface area (Å²) in [6.45, 7) is 3.93. The van der Waals surface area contributed by atoms with Crippen LogP contribution in [0.5, 0.6) is 0 Å². The highest BCUT2D eigenvalue weighted by atomic mass is 79.9. The molecule has 2 N–H and O–H groups in total. The monoisotopic (exact) mass is 266 g/mol. The molecule has 2 rings (SSSR count). The van der Waals surface area contributed by atoms with Crippen molar-refractivity contribution in [2.24, 2.45) is 0 Å². The van der Waals surface area contributed by atoms with Crippen molar-refractivity contribution < 1.29 is 0 Å². The summed E-state index contributed by atoms with van der Waals surface area (Å²) >= 11 is 3.45. The van der Waals surface area contributed by atoms with Crippen molar-refractivity contribution in [2.75, 3.05) is 5.73 Å². The molecular weight excluding hydrogens is 256 g/mol. The molecule has 2 aromatic rings. The van der Waals surface area contributed by atoms with E-state index in [9.17, 15) is 0 Å². The SMILES string of the molecule is Cc1cc(Br)cc(-n2nnc(N)c2C)c1. The number of hydrogen-bond donors (Lipinski definition) is 1. The van der Waals surface area contributed by atoms with E-state index >= 15 is 0 Å². The highest BCUT2D eigenvalue weighted by Gasteiger charge is 2.07. The Morgan fingerprint density at radius 1 is 1.27 bits per heavy atom. The lowest BCUT2D eigenvalue weighted by Gasteiger charge is -2.05. The van der Waals surface area contributed by atoms with Gasteiger partial charge in [0.15, 0.2) is 5.82 Å². The Morgan fingerprint density at radius 2 is 2.00 bits per heavy atom. The van der Waals surface area contributed by atoms with Gasteiger partial charge in [-0.2, -0.15) is 0 Å². The second kappa shape index (κ2) is 3.66. The number of aromatic nitrogens is 3. The maximum absolute atomic E-state index is 5.65. The van der Waals surface area contributed by atoms with E-state index in [1.54, 1.807) is 4.68 Å². The zero-order valence-corrected chi connectivity index (χ0v) is 10.1. The van der Waals surface area contributed by atoms with Gasteiger partial charge in [0.05, 0.1) is 11.4 Å². The standard InChI is InChI=1S/C10H11BrN4/c1-6-3-8(11)5-9(4-6)15-7(2)10(12)13-14-15/h3-5H,12H2,1-2H3. The predicted molar refractivity (Wildman–Crippen MR) is 62.9 cm³/mol. The third-order valence-corrected chi connectivity index (χ3v) is 2.66. The number of nitrogen functional groups attached to an aromatic ring is 1. The van der Waals surface area contributed by atoms with Crippen LogP contribution in [-0.2, 0) is 0 Å². The molecule has 0 amide bonds. The summed E-state index contributed by atoms with van der Waals surface area (Å²) in [6, 6.07) is 6.05. The van der Waals surface area contributed by atoms with Crippen molar-refractivity contribution in [1.29, 1.82) is 0 Å². The molecule has 4 nitrogen and oxygen atoms in total. The van der Waals surface area contributed by atoms with Crippen LogP contribution in [0.25, 0.3) is 5.69 Å². The average Bonchev–Trinajstić information content (AvgIpc) is 2.46. The zero-order chi connectivity index (χ0) is 11.0. The Bertz CT molecular complexity index is 484. The van der Waals surface area contributed by atoms with Crippen LogP contribution in [0.15, 0.2) is 22.7 Å². The second-order valence-corrected chi connectivity index (χ2v) is 4.37. The molecule has 0 saturated carbocycles.